The number of carbonyl (C=O) groups excluding carboxylic acids is 1. The second-order valence-corrected chi connectivity index (χ2v) is 7.74. The molecule has 2 aromatic rings. The van der Waals surface area contributed by atoms with Gasteiger partial charge in [-0.2, -0.15) is 0 Å². The zero-order chi connectivity index (χ0) is 18.4. The largest absolute Gasteiger partial charge is 0.349 e. The van der Waals surface area contributed by atoms with Gasteiger partial charge in [-0.25, -0.2) is 8.42 Å². The lowest BCUT2D eigenvalue weighted by atomic mass is 10.1. The number of anilines is 1. The summed E-state index contributed by atoms with van der Waals surface area (Å²) in [6, 6.07) is 12.3. The van der Waals surface area contributed by atoms with E-state index in [2.05, 4.69) is 10.0 Å². The molecular formula is C18H21ClN2O3S. The first kappa shape index (κ1) is 19.3. The molecule has 0 aliphatic carbocycles. The summed E-state index contributed by atoms with van der Waals surface area (Å²) in [6.45, 7) is 4.01. The van der Waals surface area contributed by atoms with Gasteiger partial charge >= 0.3 is 0 Å². The second kappa shape index (κ2) is 8.36. The molecule has 0 heterocycles. The van der Waals surface area contributed by atoms with Crippen LogP contribution in [0.4, 0.5) is 5.69 Å². The molecular weight excluding hydrogens is 360 g/mol. The molecule has 0 spiro atoms. The number of hydrogen-bond donors (Lipinski definition) is 2. The lowest BCUT2D eigenvalue weighted by Gasteiger charge is -2.15. The summed E-state index contributed by atoms with van der Waals surface area (Å²) in [7, 11) is -3.73. The molecule has 2 rings (SSSR count). The molecule has 5 nitrogen and oxygen atoms in total. The third-order valence-electron chi connectivity index (χ3n) is 3.84. The van der Waals surface area contributed by atoms with E-state index in [1.54, 1.807) is 24.3 Å². The lowest BCUT2D eigenvalue weighted by molar-refractivity contribution is 0.0934. The number of rotatable bonds is 7. The summed E-state index contributed by atoms with van der Waals surface area (Å²) in [6.07, 6.45) is 1.69. The molecule has 134 valence electrons. The van der Waals surface area contributed by atoms with Crippen molar-refractivity contribution in [2.45, 2.75) is 37.6 Å². The van der Waals surface area contributed by atoms with Crippen LogP contribution < -0.4 is 10.0 Å². The van der Waals surface area contributed by atoms with Gasteiger partial charge in [-0.05, 0) is 61.4 Å². The standard InChI is InChI=1S/C18H21ClN2O3S/c1-3-15(4-2)20-18(22)13-5-11-17(12-6-13)25(23,24)21-16-9-7-14(19)8-10-16/h5-12,15,21H,3-4H2,1-2H3,(H,20,22). The summed E-state index contributed by atoms with van der Waals surface area (Å²) >= 11 is 5.79. The zero-order valence-corrected chi connectivity index (χ0v) is 15.7. The normalized spacial score (nSPS) is 11.4. The summed E-state index contributed by atoms with van der Waals surface area (Å²) in [5.74, 6) is -0.205. The number of carbonyl (C=O) groups is 1. The van der Waals surface area contributed by atoms with Crippen LogP contribution in [0.1, 0.15) is 37.0 Å². The predicted molar refractivity (Wildman–Crippen MR) is 101 cm³/mol. The van der Waals surface area contributed by atoms with E-state index in [0.29, 0.717) is 16.3 Å². The molecule has 0 unspecified atom stereocenters. The van der Waals surface area contributed by atoms with Crippen molar-refractivity contribution < 1.29 is 13.2 Å². The Morgan fingerprint density at radius 3 is 2.08 bits per heavy atom. The monoisotopic (exact) mass is 380 g/mol. The highest BCUT2D eigenvalue weighted by atomic mass is 35.5. The van der Waals surface area contributed by atoms with E-state index in [0.717, 1.165) is 12.8 Å². The van der Waals surface area contributed by atoms with E-state index >= 15 is 0 Å². The summed E-state index contributed by atoms with van der Waals surface area (Å²) in [5, 5.41) is 3.44. The van der Waals surface area contributed by atoms with Crippen molar-refractivity contribution in [3.05, 3.63) is 59.1 Å². The molecule has 1 amide bonds. The van der Waals surface area contributed by atoms with E-state index < -0.39 is 10.0 Å². The van der Waals surface area contributed by atoms with Gasteiger partial charge in [0.25, 0.3) is 15.9 Å². The lowest BCUT2D eigenvalue weighted by Crippen LogP contribution is -2.33. The number of sulfonamides is 1. The molecule has 0 saturated carbocycles. The van der Waals surface area contributed by atoms with Gasteiger partial charge < -0.3 is 5.32 Å². The first-order chi connectivity index (χ1) is 11.9. The van der Waals surface area contributed by atoms with Gasteiger partial charge in [0, 0.05) is 22.3 Å². The first-order valence-corrected chi connectivity index (χ1v) is 9.91. The van der Waals surface area contributed by atoms with Gasteiger partial charge in [0.2, 0.25) is 0 Å². The Morgan fingerprint density at radius 2 is 1.56 bits per heavy atom. The van der Waals surface area contributed by atoms with Crippen LogP contribution in [-0.2, 0) is 10.0 Å². The number of benzene rings is 2. The third-order valence-corrected chi connectivity index (χ3v) is 5.49. The van der Waals surface area contributed by atoms with Crippen LogP contribution in [0.5, 0.6) is 0 Å². The van der Waals surface area contributed by atoms with Gasteiger partial charge in [-0.3, -0.25) is 9.52 Å². The minimum absolute atomic E-state index is 0.0848. The van der Waals surface area contributed by atoms with E-state index in [1.165, 1.54) is 24.3 Å². The predicted octanol–water partition coefficient (Wildman–Crippen LogP) is 4.06. The van der Waals surface area contributed by atoms with Crippen LogP contribution in [0, 0.1) is 0 Å². The Kier molecular flexibility index (Phi) is 6.45. The van der Waals surface area contributed by atoms with Crippen LogP contribution in [0.15, 0.2) is 53.4 Å². The van der Waals surface area contributed by atoms with Crippen LogP contribution in [0.2, 0.25) is 5.02 Å². The van der Waals surface area contributed by atoms with Gasteiger partial charge in [-0.15, -0.1) is 0 Å². The minimum Gasteiger partial charge on any atom is -0.349 e. The van der Waals surface area contributed by atoms with E-state index in [-0.39, 0.29) is 16.8 Å². The average Bonchev–Trinajstić information content (AvgIpc) is 2.61. The highest BCUT2D eigenvalue weighted by Gasteiger charge is 2.16. The third kappa shape index (κ3) is 5.21. The molecule has 0 atom stereocenters. The van der Waals surface area contributed by atoms with Crippen molar-refractivity contribution in [3.63, 3.8) is 0 Å². The summed E-state index contributed by atoms with van der Waals surface area (Å²) in [4.78, 5) is 12.3. The SMILES string of the molecule is CCC(CC)NC(=O)c1ccc(S(=O)(=O)Nc2ccc(Cl)cc2)cc1. The van der Waals surface area contributed by atoms with Crippen LogP contribution in [0.25, 0.3) is 0 Å². The molecule has 0 radical (unpaired) electrons. The Hall–Kier alpha value is -2.05. The fourth-order valence-electron chi connectivity index (χ4n) is 2.28. The van der Waals surface area contributed by atoms with Gasteiger partial charge in [0.05, 0.1) is 4.90 Å². The van der Waals surface area contributed by atoms with Crippen molar-refractivity contribution >= 4 is 33.2 Å². The Balaban J connectivity index is 2.12. The van der Waals surface area contributed by atoms with Crippen molar-refractivity contribution in [3.8, 4) is 0 Å². The van der Waals surface area contributed by atoms with Gasteiger partial charge in [-0.1, -0.05) is 25.4 Å². The number of halogens is 1. The molecule has 0 aliphatic heterocycles. The number of hydrogen-bond acceptors (Lipinski definition) is 3. The van der Waals surface area contributed by atoms with Gasteiger partial charge in [0.15, 0.2) is 0 Å². The number of nitrogens with one attached hydrogen (secondary N) is 2. The summed E-state index contributed by atoms with van der Waals surface area (Å²) in [5.41, 5.74) is 0.845. The molecule has 0 aliphatic rings. The van der Waals surface area contributed by atoms with E-state index in [9.17, 15) is 13.2 Å². The molecule has 0 fully saturated rings. The van der Waals surface area contributed by atoms with E-state index in [4.69, 9.17) is 11.6 Å². The first-order valence-electron chi connectivity index (χ1n) is 8.05. The highest BCUT2D eigenvalue weighted by Crippen LogP contribution is 2.19. The zero-order valence-electron chi connectivity index (χ0n) is 14.1. The van der Waals surface area contributed by atoms with Crippen LogP contribution >= 0.6 is 11.6 Å². The van der Waals surface area contributed by atoms with Crippen molar-refractivity contribution in [2.24, 2.45) is 0 Å². The average molecular weight is 381 g/mol. The second-order valence-electron chi connectivity index (χ2n) is 5.62. The molecule has 2 aromatic carbocycles. The van der Waals surface area contributed by atoms with Crippen molar-refractivity contribution in [1.29, 1.82) is 0 Å². The maximum atomic E-state index is 12.4. The van der Waals surface area contributed by atoms with E-state index in [1.807, 2.05) is 13.8 Å². The maximum absolute atomic E-state index is 12.4. The minimum atomic E-state index is -3.73. The van der Waals surface area contributed by atoms with Crippen LogP contribution in [0.3, 0.4) is 0 Å². The Bertz CT molecular complexity index is 814. The molecule has 25 heavy (non-hydrogen) atoms. The Morgan fingerprint density at radius 1 is 1.00 bits per heavy atom. The number of amides is 1. The summed E-state index contributed by atoms with van der Waals surface area (Å²) < 4.78 is 27.3. The Labute approximate surface area is 153 Å². The van der Waals surface area contributed by atoms with Gasteiger partial charge in [0.1, 0.15) is 0 Å². The van der Waals surface area contributed by atoms with Crippen LogP contribution in [-0.4, -0.2) is 20.4 Å². The molecule has 2 N–H and O–H groups in total. The topological polar surface area (TPSA) is 75.3 Å². The molecule has 0 bridgehead atoms. The fraction of sp³-hybridized carbons (Fsp3) is 0.278. The molecule has 7 heteroatoms. The van der Waals surface area contributed by atoms with Crippen molar-refractivity contribution in [2.75, 3.05) is 4.72 Å². The fourth-order valence-corrected chi connectivity index (χ4v) is 3.46. The molecule has 0 saturated heterocycles. The quantitative estimate of drug-likeness (QED) is 0.760. The smallest absolute Gasteiger partial charge is 0.261 e. The maximum Gasteiger partial charge on any atom is 0.261 e. The van der Waals surface area contributed by atoms with Crippen molar-refractivity contribution in [1.82, 2.24) is 5.32 Å². The molecule has 0 aromatic heterocycles. The highest BCUT2D eigenvalue weighted by molar-refractivity contribution is 7.92.